The molecule has 0 atom stereocenters. The first-order valence-corrected chi connectivity index (χ1v) is 8.93. The average Bonchev–Trinajstić information content (AvgIpc) is 2.66. The van der Waals surface area contributed by atoms with Crippen LogP contribution < -0.4 is 0 Å². The molecule has 3 rings (SSSR count). The van der Waals surface area contributed by atoms with Gasteiger partial charge in [0.1, 0.15) is 5.82 Å². The summed E-state index contributed by atoms with van der Waals surface area (Å²) in [6.07, 6.45) is 1.82. The predicted octanol–water partition coefficient (Wildman–Crippen LogP) is 2.00. The summed E-state index contributed by atoms with van der Waals surface area (Å²) in [5.74, 6) is -0.168. The van der Waals surface area contributed by atoms with E-state index >= 15 is 0 Å². The zero-order valence-corrected chi connectivity index (χ0v) is 15.1. The van der Waals surface area contributed by atoms with Crippen LogP contribution in [0.2, 0.25) is 0 Å². The number of nitrogens with zero attached hydrogens (tertiary/aromatic N) is 4. The van der Waals surface area contributed by atoms with E-state index in [2.05, 4.69) is 14.8 Å². The van der Waals surface area contributed by atoms with Crippen molar-refractivity contribution in [3.8, 4) is 0 Å². The van der Waals surface area contributed by atoms with Crippen molar-refractivity contribution in [1.82, 2.24) is 19.7 Å². The van der Waals surface area contributed by atoms with E-state index in [0.29, 0.717) is 13.1 Å². The Kier molecular flexibility index (Phi) is 6.30. The molecule has 1 amide bonds. The van der Waals surface area contributed by atoms with Gasteiger partial charge in [-0.05, 0) is 29.8 Å². The molecule has 1 aliphatic rings. The van der Waals surface area contributed by atoms with Crippen LogP contribution in [-0.2, 0) is 17.9 Å². The summed E-state index contributed by atoms with van der Waals surface area (Å²) in [4.78, 5) is 23.1. The van der Waals surface area contributed by atoms with Crippen molar-refractivity contribution >= 4 is 5.91 Å². The number of carbonyl (C=O) groups is 1. The number of likely N-dealkylation sites (N-methyl/N-ethyl adjacent to an activating group) is 1. The standard InChI is InChI=1S/C20H25FN4O/c1-23(14-17-5-7-18(21)8-6-17)20(26)16-25-12-10-24(11-13-25)15-19-4-2-3-9-22-19/h2-9H,10-16H2,1H3. The lowest BCUT2D eigenvalue weighted by atomic mass is 10.2. The van der Waals surface area contributed by atoms with Crippen LogP contribution in [0.4, 0.5) is 4.39 Å². The second-order valence-corrected chi connectivity index (χ2v) is 6.75. The summed E-state index contributed by atoms with van der Waals surface area (Å²) in [7, 11) is 1.79. The third-order valence-corrected chi connectivity index (χ3v) is 4.69. The van der Waals surface area contributed by atoms with Gasteiger partial charge in [0.2, 0.25) is 5.91 Å². The lowest BCUT2D eigenvalue weighted by Crippen LogP contribution is -2.49. The van der Waals surface area contributed by atoms with E-state index in [1.54, 1.807) is 24.1 Å². The number of rotatable bonds is 6. The molecule has 0 spiro atoms. The number of carbonyl (C=O) groups excluding carboxylic acids is 1. The van der Waals surface area contributed by atoms with Crippen LogP contribution in [0.15, 0.2) is 48.7 Å². The highest BCUT2D eigenvalue weighted by Gasteiger charge is 2.20. The zero-order valence-electron chi connectivity index (χ0n) is 15.1. The first-order chi connectivity index (χ1) is 12.6. The van der Waals surface area contributed by atoms with Crippen LogP contribution in [0.1, 0.15) is 11.3 Å². The third-order valence-electron chi connectivity index (χ3n) is 4.69. The highest BCUT2D eigenvalue weighted by Crippen LogP contribution is 2.09. The molecule has 0 bridgehead atoms. The molecule has 1 aromatic carbocycles. The van der Waals surface area contributed by atoms with E-state index in [1.807, 2.05) is 24.4 Å². The minimum atomic E-state index is -0.258. The Morgan fingerprint density at radius 1 is 1.08 bits per heavy atom. The maximum Gasteiger partial charge on any atom is 0.236 e. The normalized spacial score (nSPS) is 15.8. The number of pyridine rings is 1. The van der Waals surface area contributed by atoms with Crippen LogP contribution in [-0.4, -0.2) is 65.4 Å². The number of aromatic nitrogens is 1. The molecular formula is C20H25FN4O. The fourth-order valence-electron chi connectivity index (χ4n) is 3.09. The van der Waals surface area contributed by atoms with Crippen molar-refractivity contribution in [2.45, 2.75) is 13.1 Å². The molecule has 2 aromatic rings. The van der Waals surface area contributed by atoms with Gasteiger partial charge >= 0.3 is 0 Å². The Balaban J connectivity index is 1.42. The Morgan fingerprint density at radius 3 is 2.42 bits per heavy atom. The quantitative estimate of drug-likeness (QED) is 0.794. The maximum atomic E-state index is 13.0. The minimum absolute atomic E-state index is 0.0903. The number of piperazine rings is 1. The summed E-state index contributed by atoms with van der Waals surface area (Å²) >= 11 is 0. The van der Waals surface area contributed by atoms with Crippen molar-refractivity contribution in [3.05, 3.63) is 65.7 Å². The lowest BCUT2D eigenvalue weighted by molar-refractivity contribution is -0.132. The van der Waals surface area contributed by atoms with Gasteiger partial charge in [0.25, 0.3) is 0 Å². The van der Waals surface area contributed by atoms with Crippen LogP contribution >= 0.6 is 0 Å². The molecule has 0 unspecified atom stereocenters. The third kappa shape index (κ3) is 5.34. The van der Waals surface area contributed by atoms with Crippen molar-refractivity contribution in [2.75, 3.05) is 39.8 Å². The summed E-state index contributed by atoms with van der Waals surface area (Å²) in [6, 6.07) is 12.3. The minimum Gasteiger partial charge on any atom is -0.340 e. The van der Waals surface area contributed by atoms with Gasteiger partial charge in [-0.25, -0.2) is 4.39 Å². The van der Waals surface area contributed by atoms with Crippen LogP contribution in [0, 0.1) is 5.82 Å². The van der Waals surface area contributed by atoms with Crippen molar-refractivity contribution in [3.63, 3.8) is 0 Å². The van der Waals surface area contributed by atoms with Gasteiger partial charge in [0.15, 0.2) is 0 Å². The van der Waals surface area contributed by atoms with Crippen molar-refractivity contribution in [1.29, 1.82) is 0 Å². The maximum absolute atomic E-state index is 13.0. The molecule has 1 aliphatic heterocycles. The number of benzene rings is 1. The number of amides is 1. The van der Waals surface area contributed by atoms with Gasteiger partial charge < -0.3 is 4.90 Å². The zero-order chi connectivity index (χ0) is 18.4. The number of hydrogen-bond donors (Lipinski definition) is 0. The Hall–Kier alpha value is -2.31. The van der Waals surface area contributed by atoms with E-state index in [-0.39, 0.29) is 11.7 Å². The molecule has 1 saturated heterocycles. The predicted molar refractivity (Wildman–Crippen MR) is 98.8 cm³/mol. The fraction of sp³-hybridized carbons (Fsp3) is 0.400. The average molecular weight is 356 g/mol. The van der Waals surface area contributed by atoms with Gasteiger partial charge in [-0.2, -0.15) is 0 Å². The van der Waals surface area contributed by atoms with Crippen LogP contribution in [0.3, 0.4) is 0 Å². The van der Waals surface area contributed by atoms with E-state index in [4.69, 9.17) is 0 Å². The highest BCUT2D eigenvalue weighted by molar-refractivity contribution is 5.78. The molecule has 26 heavy (non-hydrogen) atoms. The van der Waals surface area contributed by atoms with Gasteiger partial charge in [-0.1, -0.05) is 18.2 Å². The monoisotopic (exact) mass is 356 g/mol. The molecule has 1 aromatic heterocycles. The van der Waals surface area contributed by atoms with Crippen LogP contribution in [0.5, 0.6) is 0 Å². The Labute approximate surface area is 154 Å². The van der Waals surface area contributed by atoms with E-state index in [1.165, 1.54) is 12.1 Å². The molecule has 2 heterocycles. The second-order valence-electron chi connectivity index (χ2n) is 6.75. The molecular weight excluding hydrogens is 331 g/mol. The smallest absolute Gasteiger partial charge is 0.236 e. The fourth-order valence-corrected chi connectivity index (χ4v) is 3.09. The number of halogens is 1. The molecule has 1 fully saturated rings. The molecule has 0 saturated carbocycles. The summed E-state index contributed by atoms with van der Waals surface area (Å²) in [5, 5.41) is 0. The largest absolute Gasteiger partial charge is 0.340 e. The SMILES string of the molecule is CN(Cc1ccc(F)cc1)C(=O)CN1CCN(Cc2ccccn2)CC1. The molecule has 0 radical (unpaired) electrons. The molecule has 138 valence electrons. The highest BCUT2D eigenvalue weighted by atomic mass is 19.1. The summed E-state index contributed by atoms with van der Waals surface area (Å²) in [5.41, 5.74) is 2.01. The van der Waals surface area contributed by atoms with Crippen molar-refractivity contribution < 1.29 is 9.18 Å². The molecule has 5 nitrogen and oxygen atoms in total. The Morgan fingerprint density at radius 2 is 1.77 bits per heavy atom. The first-order valence-electron chi connectivity index (χ1n) is 8.93. The molecule has 0 aliphatic carbocycles. The summed E-state index contributed by atoms with van der Waals surface area (Å²) in [6.45, 7) is 5.41. The van der Waals surface area contributed by atoms with Crippen LogP contribution in [0.25, 0.3) is 0 Å². The number of hydrogen-bond acceptors (Lipinski definition) is 4. The van der Waals surface area contributed by atoms with Gasteiger partial charge in [-0.15, -0.1) is 0 Å². The van der Waals surface area contributed by atoms with Crippen molar-refractivity contribution in [2.24, 2.45) is 0 Å². The first kappa shape index (κ1) is 18.5. The van der Waals surface area contributed by atoms with E-state index < -0.39 is 0 Å². The summed E-state index contributed by atoms with van der Waals surface area (Å²) < 4.78 is 13.0. The second kappa shape index (κ2) is 8.87. The van der Waals surface area contributed by atoms with Gasteiger partial charge in [0, 0.05) is 52.5 Å². The Bertz CT molecular complexity index is 700. The molecule has 6 heteroatoms. The van der Waals surface area contributed by atoms with Gasteiger partial charge in [-0.3, -0.25) is 19.6 Å². The topological polar surface area (TPSA) is 39.7 Å². The van der Waals surface area contributed by atoms with E-state index in [0.717, 1.165) is 44.0 Å². The van der Waals surface area contributed by atoms with E-state index in [9.17, 15) is 9.18 Å². The lowest BCUT2D eigenvalue weighted by Gasteiger charge is -2.34. The van der Waals surface area contributed by atoms with Gasteiger partial charge in [0.05, 0.1) is 12.2 Å². The molecule has 0 N–H and O–H groups in total.